The van der Waals surface area contributed by atoms with Crippen molar-refractivity contribution in [3.05, 3.63) is 154 Å². The summed E-state index contributed by atoms with van der Waals surface area (Å²) in [5, 5.41) is 15.6. The highest BCUT2D eigenvalue weighted by molar-refractivity contribution is 5.76. The van der Waals surface area contributed by atoms with Gasteiger partial charge in [-0.25, -0.2) is 0 Å². The molecule has 1 aliphatic heterocycles. The third-order valence-corrected chi connectivity index (χ3v) is 8.45. The number of hydrogen-bond donors (Lipinski definition) is 1. The van der Waals surface area contributed by atoms with E-state index in [1.165, 1.54) is 37.3 Å². The summed E-state index contributed by atoms with van der Waals surface area (Å²) in [4.78, 5) is 44.8. The van der Waals surface area contributed by atoms with E-state index < -0.39 is 18.0 Å². The summed E-state index contributed by atoms with van der Waals surface area (Å²) in [5.74, 6) is -0.141. The monoisotopic (exact) mass is 748 g/mol. The molecule has 0 aromatic heterocycles. The van der Waals surface area contributed by atoms with Crippen molar-refractivity contribution in [2.24, 2.45) is 0 Å². The van der Waals surface area contributed by atoms with Crippen LogP contribution in [0.25, 0.3) is 0 Å². The summed E-state index contributed by atoms with van der Waals surface area (Å²) in [7, 11) is 0. The number of alkyl halides is 3. The molecule has 0 aliphatic carbocycles. The van der Waals surface area contributed by atoms with E-state index in [2.05, 4.69) is 75.8 Å². The van der Waals surface area contributed by atoms with E-state index in [-0.39, 0.29) is 30.2 Å². The van der Waals surface area contributed by atoms with Crippen molar-refractivity contribution in [1.82, 2.24) is 15.1 Å². The molecule has 0 radical (unpaired) electrons. The fourth-order valence-corrected chi connectivity index (χ4v) is 6.08. The van der Waals surface area contributed by atoms with Gasteiger partial charge in [-0.3, -0.25) is 29.5 Å². The van der Waals surface area contributed by atoms with Gasteiger partial charge < -0.3 is 10.1 Å². The van der Waals surface area contributed by atoms with Crippen LogP contribution in [0.1, 0.15) is 48.4 Å². The maximum absolute atomic E-state index is 12.2. The average molecular weight is 749 g/mol. The van der Waals surface area contributed by atoms with Crippen molar-refractivity contribution < 1.29 is 32.5 Å². The maximum Gasteiger partial charge on any atom is 0.446 e. The number of nitro groups is 1. The maximum atomic E-state index is 12.2. The molecule has 0 amide bonds. The number of carbonyl (C=O) groups excluding carboxylic acids is 3. The first-order valence-electron chi connectivity index (χ1n) is 17.7. The van der Waals surface area contributed by atoms with Crippen LogP contribution in [0.15, 0.2) is 121 Å². The van der Waals surface area contributed by atoms with Gasteiger partial charge in [-0.1, -0.05) is 121 Å². The number of benzene rings is 4. The Morgan fingerprint density at radius 1 is 0.759 bits per heavy atom. The highest BCUT2D eigenvalue weighted by Gasteiger charge is 2.48. The molecule has 0 atom stereocenters. The number of nitrogens with zero attached hydrogens (tertiary/aromatic N) is 3. The van der Waals surface area contributed by atoms with E-state index >= 15 is 0 Å². The highest BCUT2D eigenvalue weighted by Crippen LogP contribution is 2.25. The molecule has 4 aromatic rings. The third-order valence-electron chi connectivity index (χ3n) is 8.45. The molecule has 9 nitrogen and oxygen atoms in total. The zero-order chi connectivity index (χ0) is 39.7. The quantitative estimate of drug-likeness (QED) is 0.0617. The number of aldehydes is 1. The largest absolute Gasteiger partial charge is 0.446 e. The Kier molecular flexibility index (Phi) is 20.9. The summed E-state index contributed by atoms with van der Waals surface area (Å²) >= 11 is 0. The molecular formula is C42H51F3N4O5. The number of hydrogen-bond acceptors (Lipinski definition) is 8. The number of Topliss-reactive ketones (excluding diaryl/α,β-unsaturated/α-hetero) is 1. The minimum atomic E-state index is -4.64. The molecular weight excluding hydrogens is 697 g/mol. The molecule has 1 heterocycles. The molecule has 290 valence electrons. The van der Waals surface area contributed by atoms with E-state index in [0.717, 1.165) is 37.3 Å². The zero-order valence-corrected chi connectivity index (χ0v) is 30.8. The molecule has 0 spiro atoms. The standard InChI is InChI=1S/C22H27N3O3.C17H21N.C2HF3O.CH2O/c1-19(26)14-22(25(27)28)17-23(15-20-8-4-2-5-9-20)12-13-24(18-22)16-21-10-6-3-7-11-21;1-3-9-16(10-4-1)11-7-8-14-18-15-17-12-5-2-6-13-17;3-2(4,5)1-6;1-2/h2-11H,12-18H2,1H3;1-6,9-10,12-13,18H,7-8,11,14-15H2;1H;1H2. The first-order valence-corrected chi connectivity index (χ1v) is 17.7. The van der Waals surface area contributed by atoms with Gasteiger partial charge in [-0.15, -0.1) is 0 Å². The molecule has 1 N–H and O–H groups in total. The van der Waals surface area contributed by atoms with E-state index in [4.69, 9.17) is 9.59 Å². The van der Waals surface area contributed by atoms with Crippen LogP contribution in [-0.2, 0) is 40.4 Å². The van der Waals surface area contributed by atoms with Crippen LogP contribution in [0.4, 0.5) is 13.2 Å². The number of ketones is 1. The zero-order valence-electron chi connectivity index (χ0n) is 30.8. The van der Waals surface area contributed by atoms with Gasteiger partial charge in [0.1, 0.15) is 12.6 Å². The SMILES string of the molecule is C=O.CC(=O)CC1([N+](=O)[O-])CN(Cc2ccccc2)CCN(Cc2ccccc2)C1.O=CC(F)(F)F.c1ccc(CCCCNCc2ccccc2)cc1. The topological polar surface area (TPSA) is 113 Å². The number of unbranched alkanes of at least 4 members (excludes halogenated alkanes) is 1. The van der Waals surface area contributed by atoms with Crippen LogP contribution in [0, 0.1) is 10.1 Å². The second-order valence-corrected chi connectivity index (χ2v) is 13.0. The van der Waals surface area contributed by atoms with Gasteiger partial charge in [0, 0.05) is 37.6 Å². The minimum absolute atomic E-state index is 0.0451. The Morgan fingerprint density at radius 3 is 1.52 bits per heavy atom. The predicted octanol–water partition coefficient (Wildman–Crippen LogP) is 7.36. The Bertz CT molecular complexity index is 1520. The van der Waals surface area contributed by atoms with Crippen molar-refractivity contribution in [2.45, 2.75) is 64.0 Å². The van der Waals surface area contributed by atoms with Gasteiger partial charge in [0.15, 0.2) is 0 Å². The van der Waals surface area contributed by atoms with Crippen LogP contribution in [-0.4, -0.2) is 78.0 Å². The number of aryl methyl sites for hydroxylation is 1. The van der Waals surface area contributed by atoms with E-state index in [1.54, 1.807) is 0 Å². The first kappa shape index (κ1) is 45.1. The van der Waals surface area contributed by atoms with Crippen molar-refractivity contribution in [3.63, 3.8) is 0 Å². The van der Waals surface area contributed by atoms with Crippen molar-refractivity contribution in [2.75, 3.05) is 32.7 Å². The third kappa shape index (κ3) is 18.6. The first-order chi connectivity index (χ1) is 26.0. The summed E-state index contributed by atoms with van der Waals surface area (Å²) in [6.45, 7) is 8.83. The lowest BCUT2D eigenvalue weighted by molar-refractivity contribution is -0.569. The van der Waals surface area contributed by atoms with Crippen LogP contribution in [0.5, 0.6) is 0 Å². The minimum Gasteiger partial charge on any atom is -0.313 e. The summed E-state index contributed by atoms with van der Waals surface area (Å²) in [6, 6.07) is 41.2. The van der Waals surface area contributed by atoms with Gasteiger partial charge in [-0.2, -0.15) is 13.2 Å². The second kappa shape index (κ2) is 25.1. The van der Waals surface area contributed by atoms with Gasteiger partial charge in [0.2, 0.25) is 6.29 Å². The number of nitrogens with one attached hydrogen (secondary N) is 1. The smallest absolute Gasteiger partial charge is 0.313 e. The fraction of sp³-hybridized carbons (Fsp3) is 0.357. The molecule has 1 fully saturated rings. The van der Waals surface area contributed by atoms with Crippen molar-refractivity contribution >= 4 is 18.9 Å². The van der Waals surface area contributed by atoms with Crippen LogP contribution in [0.2, 0.25) is 0 Å². The molecule has 0 unspecified atom stereocenters. The predicted molar refractivity (Wildman–Crippen MR) is 205 cm³/mol. The van der Waals surface area contributed by atoms with E-state index in [9.17, 15) is 28.1 Å². The molecule has 0 bridgehead atoms. The number of carbonyl (C=O) groups is 3. The summed E-state index contributed by atoms with van der Waals surface area (Å²) in [5.41, 5.74) is 3.77. The Hall–Kier alpha value is -5.04. The van der Waals surface area contributed by atoms with Gasteiger partial charge in [0.05, 0.1) is 19.5 Å². The van der Waals surface area contributed by atoms with Crippen LogP contribution >= 0.6 is 0 Å². The van der Waals surface area contributed by atoms with Gasteiger partial charge >= 0.3 is 6.18 Å². The van der Waals surface area contributed by atoms with Crippen molar-refractivity contribution in [3.8, 4) is 0 Å². The molecule has 5 rings (SSSR count). The molecule has 1 saturated heterocycles. The van der Waals surface area contributed by atoms with Crippen molar-refractivity contribution in [1.29, 1.82) is 0 Å². The van der Waals surface area contributed by atoms with Gasteiger partial charge in [0.25, 0.3) is 5.54 Å². The lowest BCUT2D eigenvalue weighted by atomic mass is 9.92. The Labute approximate surface area is 316 Å². The lowest BCUT2D eigenvalue weighted by Crippen LogP contribution is -2.53. The summed E-state index contributed by atoms with van der Waals surface area (Å²) < 4.78 is 31.2. The van der Waals surface area contributed by atoms with E-state index in [0.29, 0.717) is 13.1 Å². The Balaban J connectivity index is 0.000000331. The molecule has 0 saturated carbocycles. The highest BCUT2D eigenvalue weighted by atomic mass is 19.4. The second-order valence-electron chi connectivity index (χ2n) is 13.0. The van der Waals surface area contributed by atoms with E-state index in [1.807, 2.05) is 67.5 Å². The average Bonchev–Trinajstić information content (AvgIpc) is 3.34. The van der Waals surface area contributed by atoms with Crippen LogP contribution in [0.3, 0.4) is 0 Å². The fourth-order valence-electron chi connectivity index (χ4n) is 6.08. The molecule has 54 heavy (non-hydrogen) atoms. The molecule has 1 aliphatic rings. The summed E-state index contributed by atoms with van der Waals surface area (Å²) in [6.07, 6.45) is -2.06. The molecule has 4 aromatic carbocycles. The number of halogens is 3. The normalized spacial score (nSPS) is 14.0. The lowest BCUT2D eigenvalue weighted by Gasteiger charge is -2.30. The molecule has 12 heteroatoms. The van der Waals surface area contributed by atoms with Crippen LogP contribution < -0.4 is 5.32 Å². The van der Waals surface area contributed by atoms with Gasteiger partial charge in [-0.05, 0) is 55.0 Å². The number of rotatable bonds is 14. The Morgan fingerprint density at radius 2 is 1.15 bits per heavy atom.